The van der Waals surface area contributed by atoms with E-state index in [1.807, 2.05) is 17.7 Å². The van der Waals surface area contributed by atoms with E-state index >= 15 is 0 Å². The zero-order valence-corrected chi connectivity index (χ0v) is 10.6. The highest BCUT2D eigenvalue weighted by molar-refractivity contribution is 5.92. The lowest BCUT2D eigenvalue weighted by Crippen LogP contribution is -2.24. The zero-order chi connectivity index (χ0) is 12.3. The van der Waals surface area contributed by atoms with Gasteiger partial charge in [-0.2, -0.15) is 5.10 Å². The van der Waals surface area contributed by atoms with Crippen LogP contribution >= 0.6 is 0 Å². The van der Waals surface area contributed by atoms with E-state index in [1.165, 1.54) is 0 Å². The number of hydrogen-bond acceptors (Lipinski definition) is 3. The smallest absolute Gasteiger partial charge is 0.271 e. The number of aromatic nitrogens is 2. The van der Waals surface area contributed by atoms with Crippen molar-refractivity contribution in [3.05, 3.63) is 17.5 Å². The predicted octanol–water partition coefficient (Wildman–Crippen LogP) is 0.858. The Hall–Kier alpha value is -1.36. The summed E-state index contributed by atoms with van der Waals surface area (Å²) < 4.78 is 1.97. The predicted molar refractivity (Wildman–Crippen MR) is 65.8 cm³/mol. The first-order valence-electron chi connectivity index (χ1n) is 6.31. The number of nitrogens with zero attached hydrogens (tertiary/aromatic N) is 3. The molecule has 0 radical (unpaired) electrons. The molecular formula is C12H20N4O. The molecule has 0 spiro atoms. The molecule has 17 heavy (non-hydrogen) atoms. The van der Waals surface area contributed by atoms with Gasteiger partial charge >= 0.3 is 0 Å². The number of nitrogens with one attached hydrogen (secondary N) is 1. The molecule has 0 aromatic carbocycles. The molecule has 1 N–H and O–H groups in total. The highest BCUT2D eigenvalue weighted by Gasteiger charge is 2.18. The summed E-state index contributed by atoms with van der Waals surface area (Å²) in [5.41, 5.74) is 1.69. The van der Waals surface area contributed by atoms with Gasteiger partial charge in [-0.3, -0.25) is 14.4 Å². The van der Waals surface area contributed by atoms with Crippen molar-refractivity contribution in [2.24, 2.45) is 0 Å². The SMILES string of the molecule is CCNC(=O)c1cc2n(n1)CCCN(CC)C2. The lowest BCUT2D eigenvalue weighted by Gasteiger charge is -2.15. The first kappa shape index (κ1) is 12.1. The van der Waals surface area contributed by atoms with Crippen molar-refractivity contribution in [3.8, 4) is 0 Å². The largest absolute Gasteiger partial charge is 0.351 e. The second-order valence-electron chi connectivity index (χ2n) is 4.33. The van der Waals surface area contributed by atoms with Crippen LogP contribution in [0.5, 0.6) is 0 Å². The van der Waals surface area contributed by atoms with Gasteiger partial charge in [0, 0.05) is 26.2 Å². The maximum absolute atomic E-state index is 11.7. The van der Waals surface area contributed by atoms with E-state index in [-0.39, 0.29) is 5.91 Å². The number of hydrogen-bond donors (Lipinski definition) is 1. The molecule has 0 bridgehead atoms. The molecule has 5 nitrogen and oxygen atoms in total. The molecule has 0 unspecified atom stereocenters. The third-order valence-electron chi connectivity index (χ3n) is 3.11. The van der Waals surface area contributed by atoms with Crippen LogP contribution in [0.4, 0.5) is 0 Å². The van der Waals surface area contributed by atoms with Crippen molar-refractivity contribution in [2.45, 2.75) is 33.4 Å². The molecule has 5 heteroatoms. The first-order valence-corrected chi connectivity index (χ1v) is 6.31. The number of amides is 1. The van der Waals surface area contributed by atoms with Gasteiger partial charge in [-0.25, -0.2) is 0 Å². The van der Waals surface area contributed by atoms with Crippen molar-refractivity contribution in [1.82, 2.24) is 20.0 Å². The molecule has 0 saturated carbocycles. The molecule has 2 heterocycles. The van der Waals surface area contributed by atoms with Crippen LogP contribution in [0.25, 0.3) is 0 Å². The van der Waals surface area contributed by atoms with Crippen molar-refractivity contribution < 1.29 is 4.79 Å². The molecule has 94 valence electrons. The van der Waals surface area contributed by atoms with E-state index in [0.717, 1.165) is 38.3 Å². The van der Waals surface area contributed by atoms with E-state index in [0.29, 0.717) is 12.2 Å². The van der Waals surface area contributed by atoms with Crippen LogP contribution in [0.3, 0.4) is 0 Å². The molecule has 1 aromatic rings. The monoisotopic (exact) mass is 236 g/mol. The highest BCUT2D eigenvalue weighted by atomic mass is 16.1. The topological polar surface area (TPSA) is 50.2 Å². The Kier molecular flexibility index (Phi) is 3.78. The minimum atomic E-state index is -0.0730. The van der Waals surface area contributed by atoms with Gasteiger partial charge in [-0.15, -0.1) is 0 Å². The summed E-state index contributed by atoms with van der Waals surface area (Å²) in [6.07, 6.45) is 1.09. The standard InChI is InChI=1S/C12H20N4O/c1-3-13-12(17)11-8-10-9-15(4-2)6-5-7-16(10)14-11/h8H,3-7,9H2,1-2H3,(H,13,17). The average Bonchev–Trinajstić information content (AvgIpc) is 2.62. The molecule has 2 rings (SSSR count). The Bertz CT molecular complexity index is 399. The molecule has 0 aliphatic carbocycles. The van der Waals surface area contributed by atoms with Crippen molar-refractivity contribution in [3.63, 3.8) is 0 Å². The third kappa shape index (κ3) is 2.66. The fraction of sp³-hybridized carbons (Fsp3) is 0.667. The molecule has 1 aromatic heterocycles. The number of carbonyl (C=O) groups is 1. The van der Waals surface area contributed by atoms with Gasteiger partial charge in [0.25, 0.3) is 5.91 Å². The van der Waals surface area contributed by atoms with E-state index in [9.17, 15) is 4.79 Å². The summed E-state index contributed by atoms with van der Waals surface area (Å²) in [5.74, 6) is -0.0730. The lowest BCUT2D eigenvalue weighted by atomic mass is 10.3. The Morgan fingerprint density at radius 3 is 3.00 bits per heavy atom. The number of fused-ring (bicyclic) bond motifs is 1. The van der Waals surface area contributed by atoms with Crippen LogP contribution in [-0.4, -0.2) is 40.2 Å². The third-order valence-corrected chi connectivity index (χ3v) is 3.11. The minimum Gasteiger partial charge on any atom is -0.351 e. The second-order valence-corrected chi connectivity index (χ2v) is 4.33. The summed E-state index contributed by atoms with van der Waals surface area (Å²) in [6, 6.07) is 1.92. The molecule has 0 saturated heterocycles. The van der Waals surface area contributed by atoms with Gasteiger partial charge in [0.05, 0.1) is 5.69 Å². The Morgan fingerprint density at radius 1 is 1.47 bits per heavy atom. The van der Waals surface area contributed by atoms with E-state index in [2.05, 4.69) is 22.2 Å². The quantitative estimate of drug-likeness (QED) is 0.846. The molecule has 1 amide bonds. The molecule has 0 atom stereocenters. The first-order chi connectivity index (χ1) is 8.24. The van der Waals surface area contributed by atoms with E-state index in [1.54, 1.807) is 0 Å². The average molecular weight is 236 g/mol. The van der Waals surface area contributed by atoms with Crippen molar-refractivity contribution in [1.29, 1.82) is 0 Å². The van der Waals surface area contributed by atoms with Gasteiger partial charge in [0.15, 0.2) is 0 Å². The van der Waals surface area contributed by atoms with Gasteiger partial charge in [0.1, 0.15) is 5.69 Å². The number of carbonyl (C=O) groups excluding carboxylic acids is 1. The minimum absolute atomic E-state index is 0.0730. The molecule has 1 aliphatic rings. The maximum atomic E-state index is 11.7. The molecular weight excluding hydrogens is 216 g/mol. The Labute approximate surface area is 102 Å². The van der Waals surface area contributed by atoms with Crippen LogP contribution < -0.4 is 5.32 Å². The normalized spacial score (nSPS) is 16.4. The van der Waals surface area contributed by atoms with Gasteiger partial charge < -0.3 is 5.32 Å². The number of rotatable bonds is 3. The summed E-state index contributed by atoms with van der Waals surface area (Å²) in [6.45, 7) is 8.67. The van der Waals surface area contributed by atoms with E-state index < -0.39 is 0 Å². The van der Waals surface area contributed by atoms with Crippen LogP contribution in [0.15, 0.2) is 6.07 Å². The molecule has 1 aliphatic heterocycles. The fourth-order valence-electron chi connectivity index (χ4n) is 2.16. The Morgan fingerprint density at radius 2 is 2.29 bits per heavy atom. The highest BCUT2D eigenvalue weighted by Crippen LogP contribution is 2.13. The maximum Gasteiger partial charge on any atom is 0.271 e. The summed E-state index contributed by atoms with van der Waals surface area (Å²) in [7, 11) is 0. The van der Waals surface area contributed by atoms with Crippen molar-refractivity contribution in [2.75, 3.05) is 19.6 Å². The van der Waals surface area contributed by atoms with Crippen LogP contribution in [-0.2, 0) is 13.1 Å². The lowest BCUT2D eigenvalue weighted by molar-refractivity contribution is 0.0950. The second kappa shape index (κ2) is 5.31. The summed E-state index contributed by atoms with van der Waals surface area (Å²) in [5, 5.41) is 7.16. The van der Waals surface area contributed by atoms with Crippen LogP contribution in [0, 0.1) is 0 Å². The van der Waals surface area contributed by atoms with E-state index in [4.69, 9.17) is 0 Å². The zero-order valence-electron chi connectivity index (χ0n) is 10.6. The fourth-order valence-corrected chi connectivity index (χ4v) is 2.16. The van der Waals surface area contributed by atoms with Gasteiger partial charge in [-0.1, -0.05) is 6.92 Å². The summed E-state index contributed by atoms with van der Waals surface area (Å²) >= 11 is 0. The van der Waals surface area contributed by atoms with Crippen molar-refractivity contribution >= 4 is 5.91 Å². The number of aryl methyl sites for hydroxylation is 1. The Balaban J connectivity index is 2.17. The van der Waals surface area contributed by atoms with Gasteiger partial charge in [0.2, 0.25) is 0 Å². The van der Waals surface area contributed by atoms with Gasteiger partial charge in [-0.05, 0) is 26.0 Å². The van der Waals surface area contributed by atoms with Crippen LogP contribution in [0.2, 0.25) is 0 Å². The summed E-state index contributed by atoms with van der Waals surface area (Å²) in [4.78, 5) is 14.1. The molecule has 0 fully saturated rings. The van der Waals surface area contributed by atoms with Crippen LogP contribution in [0.1, 0.15) is 36.5 Å².